The first kappa shape index (κ1) is 10.3. The van der Waals surface area contributed by atoms with Crippen molar-refractivity contribution in [1.82, 2.24) is 15.0 Å². The highest BCUT2D eigenvalue weighted by Gasteiger charge is 1.97. The molecule has 0 radical (unpaired) electrons. The normalized spacial score (nSPS) is 10.1. The van der Waals surface area contributed by atoms with Crippen LogP contribution in [-0.4, -0.2) is 15.0 Å². The molecular formula is C10H10FN5. The molecule has 2 aromatic heterocycles. The summed E-state index contributed by atoms with van der Waals surface area (Å²) in [5.41, 5.74) is 6.41. The number of nitrogen functional groups attached to an aromatic ring is 1. The molecule has 3 N–H and O–H groups in total. The molecule has 0 bridgehead atoms. The lowest BCUT2D eigenvalue weighted by Gasteiger charge is -2.04. The number of nitrogens with two attached hydrogens (primary N) is 1. The van der Waals surface area contributed by atoms with Crippen LogP contribution in [0, 0.1) is 5.95 Å². The summed E-state index contributed by atoms with van der Waals surface area (Å²) >= 11 is 0. The maximum absolute atomic E-state index is 12.5. The fraction of sp³-hybridized carbons (Fsp3) is 0.100. The molecule has 0 aromatic carbocycles. The third kappa shape index (κ3) is 2.63. The van der Waals surface area contributed by atoms with Crippen molar-refractivity contribution in [2.24, 2.45) is 0 Å². The Hall–Kier alpha value is -2.24. The van der Waals surface area contributed by atoms with Gasteiger partial charge in [0.15, 0.2) is 0 Å². The van der Waals surface area contributed by atoms with E-state index >= 15 is 0 Å². The molecule has 2 rings (SSSR count). The topological polar surface area (TPSA) is 76.7 Å². The molecule has 16 heavy (non-hydrogen) atoms. The number of hydrogen-bond acceptors (Lipinski definition) is 5. The highest BCUT2D eigenvalue weighted by atomic mass is 19.1. The summed E-state index contributed by atoms with van der Waals surface area (Å²) in [4.78, 5) is 11.2. The highest BCUT2D eigenvalue weighted by molar-refractivity contribution is 5.34. The largest absolute Gasteiger partial charge is 0.384 e. The molecule has 0 saturated carbocycles. The first-order chi connectivity index (χ1) is 7.74. The molecule has 2 heterocycles. The van der Waals surface area contributed by atoms with E-state index in [1.165, 1.54) is 6.20 Å². The zero-order chi connectivity index (χ0) is 11.4. The van der Waals surface area contributed by atoms with Gasteiger partial charge in [0, 0.05) is 12.7 Å². The van der Waals surface area contributed by atoms with Crippen LogP contribution < -0.4 is 11.1 Å². The number of pyridine rings is 1. The molecule has 0 spiro atoms. The summed E-state index contributed by atoms with van der Waals surface area (Å²) < 4.78 is 12.5. The van der Waals surface area contributed by atoms with Crippen molar-refractivity contribution < 1.29 is 4.39 Å². The zero-order valence-corrected chi connectivity index (χ0v) is 8.39. The minimum absolute atomic E-state index is 0.477. The monoisotopic (exact) mass is 219 g/mol. The number of nitrogens with zero attached hydrogens (tertiary/aromatic N) is 3. The standard InChI is InChI=1S/C10H10FN5/c11-8-5-16-10(6-13-8)15-4-7-1-2-9(12)14-3-7/h1-3,5-6H,4H2,(H2,12,14)(H,15,16). The van der Waals surface area contributed by atoms with Crippen LogP contribution in [0.15, 0.2) is 30.7 Å². The summed E-state index contributed by atoms with van der Waals surface area (Å²) in [6.45, 7) is 0.535. The second kappa shape index (κ2) is 4.52. The van der Waals surface area contributed by atoms with E-state index in [2.05, 4.69) is 20.3 Å². The predicted octanol–water partition coefficient (Wildman–Crippen LogP) is 1.20. The van der Waals surface area contributed by atoms with Gasteiger partial charge in [-0.1, -0.05) is 6.07 Å². The molecule has 6 heteroatoms. The fourth-order valence-corrected chi connectivity index (χ4v) is 1.14. The minimum Gasteiger partial charge on any atom is -0.384 e. The van der Waals surface area contributed by atoms with Gasteiger partial charge >= 0.3 is 0 Å². The van der Waals surface area contributed by atoms with Crippen LogP contribution in [0.3, 0.4) is 0 Å². The van der Waals surface area contributed by atoms with E-state index in [9.17, 15) is 4.39 Å². The van der Waals surface area contributed by atoms with Crippen molar-refractivity contribution in [2.75, 3.05) is 11.1 Å². The second-order valence-electron chi connectivity index (χ2n) is 3.17. The maximum atomic E-state index is 12.5. The highest BCUT2D eigenvalue weighted by Crippen LogP contribution is 2.05. The average molecular weight is 219 g/mol. The molecule has 2 aromatic rings. The Morgan fingerprint density at radius 2 is 2.00 bits per heavy atom. The molecule has 0 atom stereocenters. The third-order valence-electron chi connectivity index (χ3n) is 1.94. The van der Waals surface area contributed by atoms with Crippen LogP contribution in [0.25, 0.3) is 0 Å². The van der Waals surface area contributed by atoms with Gasteiger partial charge in [-0.2, -0.15) is 4.39 Å². The molecule has 0 fully saturated rings. The number of anilines is 2. The van der Waals surface area contributed by atoms with Crippen LogP contribution in [0.2, 0.25) is 0 Å². The van der Waals surface area contributed by atoms with E-state index in [4.69, 9.17) is 5.73 Å². The van der Waals surface area contributed by atoms with Gasteiger partial charge in [-0.15, -0.1) is 0 Å². The van der Waals surface area contributed by atoms with Gasteiger partial charge in [0.25, 0.3) is 0 Å². The Morgan fingerprint density at radius 3 is 2.62 bits per heavy atom. The maximum Gasteiger partial charge on any atom is 0.231 e. The van der Waals surface area contributed by atoms with Gasteiger partial charge in [0.1, 0.15) is 11.6 Å². The van der Waals surface area contributed by atoms with E-state index in [1.54, 1.807) is 12.3 Å². The summed E-state index contributed by atoms with van der Waals surface area (Å²) in [5, 5.41) is 2.99. The van der Waals surface area contributed by atoms with E-state index in [0.29, 0.717) is 18.2 Å². The molecule has 0 aliphatic heterocycles. The van der Waals surface area contributed by atoms with Gasteiger partial charge in [-0.3, -0.25) is 0 Å². The lowest BCUT2D eigenvalue weighted by molar-refractivity contribution is 0.577. The molecule has 82 valence electrons. The molecule has 0 aliphatic rings. The van der Waals surface area contributed by atoms with E-state index in [1.807, 2.05) is 6.07 Å². The van der Waals surface area contributed by atoms with Crippen molar-refractivity contribution in [3.63, 3.8) is 0 Å². The number of halogens is 1. The Balaban J connectivity index is 1.97. The van der Waals surface area contributed by atoms with Crippen molar-refractivity contribution in [1.29, 1.82) is 0 Å². The Labute approximate surface area is 91.6 Å². The first-order valence-electron chi connectivity index (χ1n) is 4.66. The van der Waals surface area contributed by atoms with Crippen LogP contribution in [0.1, 0.15) is 5.56 Å². The number of hydrogen-bond donors (Lipinski definition) is 2. The van der Waals surface area contributed by atoms with Crippen LogP contribution in [0.4, 0.5) is 16.0 Å². The van der Waals surface area contributed by atoms with Crippen LogP contribution in [0.5, 0.6) is 0 Å². The van der Waals surface area contributed by atoms with Gasteiger partial charge in [-0.05, 0) is 11.6 Å². The molecule has 0 saturated heterocycles. The molecule has 0 amide bonds. The van der Waals surface area contributed by atoms with Gasteiger partial charge in [0.2, 0.25) is 5.95 Å². The van der Waals surface area contributed by atoms with E-state index < -0.39 is 5.95 Å². The Bertz CT molecular complexity index is 408. The van der Waals surface area contributed by atoms with E-state index in [-0.39, 0.29) is 0 Å². The summed E-state index contributed by atoms with van der Waals surface area (Å²) in [6.07, 6.45) is 4.06. The Kier molecular flexibility index (Phi) is 2.90. The lowest BCUT2D eigenvalue weighted by Crippen LogP contribution is -2.03. The lowest BCUT2D eigenvalue weighted by atomic mass is 10.3. The summed E-state index contributed by atoms with van der Waals surface area (Å²) in [5.74, 6) is 0.392. The SMILES string of the molecule is Nc1ccc(CNc2cnc(F)cn2)cn1. The van der Waals surface area contributed by atoms with Crippen LogP contribution in [-0.2, 0) is 6.54 Å². The van der Waals surface area contributed by atoms with E-state index in [0.717, 1.165) is 11.8 Å². The summed E-state index contributed by atoms with van der Waals surface area (Å²) in [6, 6.07) is 3.57. The van der Waals surface area contributed by atoms with Crippen LogP contribution >= 0.6 is 0 Å². The fourth-order valence-electron chi connectivity index (χ4n) is 1.14. The first-order valence-corrected chi connectivity index (χ1v) is 4.66. The smallest absolute Gasteiger partial charge is 0.231 e. The predicted molar refractivity (Wildman–Crippen MR) is 58.0 cm³/mol. The minimum atomic E-state index is -0.597. The number of nitrogens with one attached hydrogen (secondary N) is 1. The van der Waals surface area contributed by atoms with Gasteiger partial charge in [-0.25, -0.2) is 15.0 Å². The van der Waals surface area contributed by atoms with Crippen molar-refractivity contribution in [3.8, 4) is 0 Å². The number of aromatic nitrogens is 3. The Morgan fingerprint density at radius 1 is 1.12 bits per heavy atom. The molecule has 0 aliphatic carbocycles. The third-order valence-corrected chi connectivity index (χ3v) is 1.94. The van der Waals surface area contributed by atoms with Gasteiger partial charge in [0.05, 0.1) is 12.4 Å². The molecule has 0 unspecified atom stereocenters. The van der Waals surface area contributed by atoms with Gasteiger partial charge < -0.3 is 11.1 Å². The summed E-state index contributed by atoms with van der Waals surface area (Å²) in [7, 11) is 0. The van der Waals surface area contributed by atoms with Crippen molar-refractivity contribution in [2.45, 2.75) is 6.54 Å². The van der Waals surface area contributed by atoms with Crippen molar-refractivity contribution >= 4 is 11.6 Å². The number of rotatable bonds is 3. The zero-order valence-electron chi connectivity index (χ0n) is 8.39. The molecular weight excluding hydrogens is 209 g/mol. The average Bonchev–Trinajstić information content (AvgIpc) is 2.30. The second-order valence-corrected chi connectivity index (χ2v) is 3.17. The quantitative estimate of drug-likeness (QED) is 0.811. The molecule has 5 nitrogen and oxygen atoms in total. The van der Waals surface area contributed by atoms with Crippen molar-refractivity contribution in [3.05, 3.63) is 42.2 Å².